The second-order valence-corrected chi connectivity index (χ2v) is 10.1. The maximum absolute atomic E-state index is 13.2. The summed E-state index contributed by atoms with van der Waals surface area (Å²) in [5.74, 6) is 1.34. The highest BCUT2D eigenvalue weighted by Crippen LogP contribution is 2.52. The smallest absolute Gasteiger partial charge is 0.261 e. The Morgan fingerprint density at radius 3 is 2.50 bits per heavy atom. The summed E-state index contributed by atoms with van der Waals surface area (Å²) in [4.78, 5) is 0.161. The lowest BCUT2D eigenvalue weighted by Crippen LogP contribution is -2.29. The fourth-order valence-corrected chi connectivity index (χ4v) is 5.96. The van der Waals surface area contributed by atoms with Crippen LogP contribution in [0.25, 0.3) is 0 Å². The number of halogens is 1. The molecule has 0 saturated heterocycles. The predicted octanol–water partition coefficient (Wildman–Crippen LogP) is 5.47. The Morgan fingerprint density at radius 2 is 1.76 bits per heavy atom. The molecule has 3 aromatic carbocycles. The van der Waals surface area contributed by atoms with Crippen LogP contribution in [0.2, 0.25) is 0 Å². The highest BCUT2D eigenvalue weighted by atomic mass is 32.2. The van der Waals surface area contributed by atoms with Crippen molar-refractivity contribution >= 4 is 21.4 Å². The zero-order chi connectivity index (χ0) is 23.9. The maximum atomic E-state index is 13.2. The van der Waals surface area contributed by atoms with Crippen molar-refractivity contribution < 1.29 is 22.3 Å². The van der Waals surface area contributed by atoms with Crippen LogP contribution in [0.5, 0.6) is 11.5 Å². The Bertz CT molecular complexity index is 1360. The van der Waals surface area contributed by atoms with Gasteiger partial charge in [-0.2, -0.15) is 0 Å². The van der Waals surface area contributed by atoms with Gasteiger partial charge in [-0.05, 0) is 78.6 Å². The molecule has 1 aliphatic carbocycles. The zero-order valence-electron chi connectivity index (χ0n) is 18.8. The van der Waals surface area contributed by atoms with Crippen molar-refractivity contribution in [2.75, 3.05) is 24.3 Å². The Hall–Kier alpha value is -3.52. The minimum Gasteiger partial charge on any atom is -0.497 e. The molecule has 0 radical (unpaired) electrons. The molecule has 0 amide bonds. The van der Waals surface area contributed by atoms with Crippen LogP contribution in [0.1, 0.15) is 29.5 Å². The third kappa shape index (κ3) is 3.98. The standard InChI is InChI=1S/C26H25FN2O4S/c1-32-18-10-13-25(33-2)23(14-18)26-21-5-3-4-20(21)22-15-19(11-12-24(22)28-26)34(30,31)29-17-8-6-16(27)7-9-17/h3-4,6-15,20-21,26,28-29H,5H2,1-2H3/t20-,21+,26-/m0/s1. The van der Waals surface area contributed by atoms with Gasteiger partial charge < -0.3 is 14.8 Å². The summed E-state index contributed by atoms with van der Waals surface area (Å²) in [6.07, 6.45) is 5.14. The summed E-state index contributed by atoms with van der Waals surface area (Å²) >= 11 is 0. The first-order chi connectivity index (χ1) is 16.4. The third-order valence-electron chi connectivity index (χ3n) is 6.51. The van der Waals surface area contributed by atoms with Crippen molar-refractivity contribution in [2.24, 2.45) is 5.92 Å². The van der Waals surface area contributed by atoms with E-state index in [1.54, 1.807) is 32.4 Å². The van der Waals surface area contributed by atoms with Gasteiger partial charge in [-0.1, -0.05) is 12.2 Å². The molecule has 0 aromatic heterocycles. The first-order valence-corrected chi connectivity index (χ1v) is 12.5. The molecule has 5 rings (SSSR count). The van der Waals surface area contributed by atoms with Gasteiger partial charge in [0.05, 0.1) is 25.2 Å². The summed E-state index contributed by atoms with van der Waals surface area (Å²) in [6.45, 7) is 0. The third-order valence-corrected chi connectivity index (χ3v) is 7.89. The van der Waals surface area contributed by atoms with Crippen molar-refractivity contribution in [3.05, 3.63) is 89.8 Å². The summed E-state index contributed by atoms with van der Waals surface area (Å²) < 4.78 is 52.9. The lowest BCUT2D eigenvalue weighted by Gasteiger charge is -2.38. The highest BCUT2D eigenvalue weighted by molar-refractivity contribution is 7.92. The van der Waals surface area contributed by atoms with Crippen LogP contribution in [-0.4, -0.2) is 22.6 Å². The molecule has 176 valence electrons. The number of rotatable bonds is 6. The van der Waals surface area contributed by atoms with E-state index >= 15 is 0 Å². The Labute approximate surface area is 198 Å². The Balaban J connectivity index is 1.50. The van der Waals surface area contributed by atoms with Gasteiger partial charge in [0, 0.05) is 22.9 Å². The van der Waals surface area contributed by atoms with Crippen LogP contribution in [0.4, 0.5) is 15.8 Å². The number of fused-ring (bicyclic) bond motifs is 3. The second kappa shape index (κ2) is 8.68. The molecular weight excluding hydrogens is 455 g/mol. The minimum absolute atomic E-state index is 0.0302. The second-order valence-electron chi connectivity index (χ2n) is 8.44. The van der Waals surface area contributed by atoms with E-state index < -0.39 is 15.8 Å². The minimum atomic E-state index is -3.83. The van der Waals surface area contributed by atoms with E-state index in [1.807, 2.05) is 18.2 Å². The molecule has 1 aliphatic heterocycles. The number of nitrogens with one attached hydrogen (secondary N) is 2. The molecule has 6 nitrogen and oxygen atoms in total. The molecule has 0 unspecified atom stereocenters. The summed E-state index contributed by atoms with van der Waals surface area (Å²) in [6, 6.07) is 16.1. The van der Waals surface area contributed by atoms with Gasteiger partial charge >= 0.3 is 0 Å². The average Bonchev–Trinajstić information content (AvgIpc) is 3.34. The van der Waals surface area contributed by atoms with Crippen LogP contribution in [-0.2, 0) is 10.0 Å². The van der Waals surface area contributed by atoms with E-state index in [9.17, 15) is 12.8 Å². The summed E-state index contributed by atoms with van der Waals surface area (Å²) in [5, 5.41) is 3.61. The predicted molar refractivity (Wildman–Crippen MR) is 130 cm³/mol. The first-order valence-electron chi connectivity index (χ1n) is 11.0. The van der Waals surface area contributed by atoms with Gasteiger partial charge in [-0.15, -0.1) is 0 Å². The van der Waals surface area contributed by atoms with Gasteiger partial charge in [0.2, 0.25) is 0 Å². The average molecular weight is 481 g/mol. The lowest BCUT2D eigenvalue weighted by atomic mass is 9.77. The molecule has 0 spiro atoms. The molecule has 1 heterocycles. The molecule has 0 fully saturated rings. The topological polar surface area (TPSA) is 76.7 Å². The van der Waals surface area contributed by atoms with Gasteiger partial charge in [0.1, 0.15) is 17.3 Å². The fourth-order valence-electron chi connectivity index (χ4n) is 4.86. The Morgan fingerprint density at radius 1 is 0.971 bits per heavy atom. The van der Waals surface area contributed by atoms with Crippen LogP contribution in [0.15, 0.2) is 77.7 Å². The quantitative estimate of drug-likeness (QED) is 0.458. The van der Waals surface area contributed by atoms with E-state index in [-0.39, 0.29) is 22.8 Å². The van der Waals surface area contributed by atoms with Crippen molar-refractivity contribution in [1.82, 2.24) is 0 Å². The normalized spacial score (nSPS) is 20.7. The van der Waals surface area contributed by atoms with E-state index in [4.69, 9.17) is 9.47 Å². The largest absolute Gasteiger partial charge is 0.497 e. The van der Waals surface area contributed by atoms with E-state index in [2.05, 4.69) is 22.2 Å². The number of benzene rings is 3. The van der Waals surface area contributed by atoms with Crippen LogP contribution >= 0.6 is 0 Å². The lowest BCUT2D eigenvalue weighted by molar-refractivity contribution is 0.374. The molecule has 2 N–H and O–H groups in total. The van der Waals surface area contributed by atoms with E-state index in [0.717, 1.165) is 34.7 Å². The first kappa shape index (κ1) is 22.3. The number of hydrogen-bond acceptors (Lipinski definition) is 5. The highest BCUT2D eigenvalue weighted by Gasteiger charge is 2.39. The maximum Gasteiger partial charge on any atom is 0.261 e. The van der Waals surface area contributed by atoms with Crippen LogP contribution < -0.4 is 19.5 Å². The molecule has 34 heavy (non-hydrogen) atoms. The van der Waals surface area contributed by atoms with Crippen LogP contribution in [0, 0.1) is 11.7 Å². The van der Waals surface area contributed by atoms with Crippen molar-refractivity contribution in [2.45, 2.75) is 23.3 Å². The number of sulfonamides is 1. The number of allylic oxidation sites excluding steroid dienone is 2. The Kier molecular flexibility index (Phi) is 5.69. The van der Waals surface area contributed by atoms with Gasteiger partial charge in [0.25, 0.3) is 10.0 Å². The summed E-state index contributed by atoms with van der Waals surface area (Å²) in [5.41, 5.74) is 3.11. The molecule has 0 saturated carbocycles. The molecular formula is C26H25FN2O4S. The van der Waals surface area contributed by atoms with Gasteiger partial charge in [-0.25, -0.2) is 12.8 Å². The van der Waals surface area contributed by atoms with E-state index in [0.29, 0.717) is 5.69 Å². The monoisotopic (exact) mass is 480 g/mol. The fraction of sp³-hybridized carbons (Fsp3) is 0.231. The van der Waals surface area contributed by atoms with Gasteiger partial charge in [0.15, 0.2) is 0 Å². The number of anilines is 2. The van der Waals surface area contributed by atoms with Crippen molar-refractivity contribution in [3.8, 4) is 11.5 Å². The molecule has 0 bridgehead atoms. The van der Waals surface area contributed by atoms with Crippen molar-refractivity contribution in [3.63, 3.8) is 0 Å². The summed E-state index contributed by atoms with van der Waals surface area (Å²) in [7, 11) is -0.548. The van der Waals surface area contributed by atoms with Gasteiger partial charge in [-0.3, -0.25) is 4.72 Å². The molecule has 2 aliphatic rings. The number of hydrogen-bond donors (Lipinski definition) is 2. The van der Waals surface area contributed by atoms with Crippen molar-refractivity contribution in [1.29, 1.82) is 0 Å². The SMILES string of the molecule is COc1ccc(OC)c([C@H]2Nc3ccc(S(=O)(=O)Nc4ccc(F)cc4)cc3[C@H]3C=CC[C@H]32)c1. The zero-order valence-corrected chi connectivity index (χ0v) is 19.6. The molecule has 3 atom stereocenters. The number of ether oxygens (including phenoxy) is 2. The van der Waals surface area contributed by atoms with E-state index in [1.165, 1.54) is 24.3 Å². The number of methoxy groups -OCH3 is 2. The molecule has 3 aromatic rings. The molecule has 8 heteroatoms. The van der Waals surface area contributed by atoms with Crippen LogP contribution in [0.3, 0.4) is 0 Å².